The van der Waals surface area contributed by atoms with Crippen LogP contribution in [-0.2, 0) is 16.0 Å². The molecule has 1 aliphatic rings. The second-order valence-electron chi connectivity index (χ2n) is 6.36. The fourth-order valence-corrected chi connectivity index (χ4v) is 4.01. The van der Waals surface area contributed by atoms with Gasteiger partial charge in [0.2, 0.25) is 5.91 Å². The zero-order chi connectivity index (χ0) is 21.1. The Morgan fingerprint density at radius 2 is 1.79 bits per heavy atom. The summed E-state index contributed by atoms with van der Waals surface area (Å²) >= 11 is 12.7. The highest BCUT2D eigenvalue weighted by Crippen LogP contribution is 2.46. The van der Waals surface area contributed by atoms with Gasteiger partial charge in [-0.15, -0.1) is 0 Å². The standard InChI is InChI=1S/C21H19Cl2NO5/c1-28-15-6-7-16(29-2)19-12(15)10-11-24(17(25)8-9-18(26)27)21(19)13-4-3-5-14(22)20(13)23/h3-9,21H,10-11H2,1-2H3,(H,26,27)/b9-8-. The molecule has 8 heteroatoms. The molecule has 2 aromatic carbocycles. The van der Waals surface area contributed by atoms with Crippen molar-refractivity contribution in [2.75, 3.05) is 20.8 Å². The molecule has 1 amide bonds. The number of nitrogens with zero attached hydrogens (tertiary/aromatic N) is 1. The molecule has 0 aromatic heterocycles. The normalized spacial score (nSPS) is 15.9. The van der Waals surface area contributed by atoms with Crippen LogP contribution in [0.2, 0.25) is 10.0 Å². The van der Waals surface area contributed by atoms with Crippen molar-refractivity contribution in [2.24, 2.45) is 0 Å². The lowest BCUT2D eigenvalue weighted by Gasteiger charge is -2.39. The van der Waals surface area contributed by atoms with Gasteiger partial charge < -0.3 is 19.5 Å². The van der Waals surface area contributed by atoms with E-state index in [0.717, 1.165) is 23.3 Å². The fourth-order valence-electron chi connectivity index (χ4n) is 3.60. The number of carbonyl (C=O) groups is 2. The number of hydrogen-bond donors (Lipinski definition) is 1. The molecule has 0 fully saturated rings. The molecule has 1 unspecified atom stereocenters. The Bertz CT molecular complexity index is 989. The van der Waals surface area contributed by atoms with Crippen LogP contribution in [0.3, 0.4) is 0 Å². The Morgan fingerprint density at radius 3 is 2.45 bits per heavy atom. The van der Waals surface area contributed by atoms with Crippen molar-refractivity contribution in [3.63, 3.8) is 0 Å². The second kappa shape index (κ2) is 8.76. The summed E-state index contributed by atoms with van der Waals surface area (Å²) in [4.78, 5) is 25.3. The fraction of sp³-hybridized carbons (Fsp3) is 0.238. The van der Waals surface area contributed by atoms with E-state index >= 15 is 0 Å². The van der Waals surface area contributed by atoms with E-state index in [0.29, 0.717) is 40.1 Å². The van der Waals surface area contributed by atoms with Crippen molar-refractivity contribution in [2.45, 2.75) is 12.5 Å². The van der Waals surface area contributed by atoms with Gasteiger partial charge in [-0.2, -0.15) is 0 Å². The number of carbonyl (C=O) groups excluding carboxylic acids is 1. The highest BCUT2D eigenvalue weighted by molar-refractivity contribution is 6.42. The maximum Gasteiger partial charge on any atom is 0.328 e. The monoisotopic (exact) mass is 435 g/mol. The molecule has 0 saturated heterocycles. The molecule has 0 aliphatic carbocycles. The van der Waals surface area contributed by atoms with Gasteiger partial charge in [0.1, 0.15) is 11.5 Å². The minimum Gasteiger partial charge on any atom is -0.496 e. The van der Waals surface area contributed by atoms with E-state index in [1.54, 1.807) is 43.4 Å². The zero-order valence-electron chi connectivity index (χ0n) is 15.8. The third-order valence-corrected chi connectivity index (χ3v) is 5.66. The molecule has 6 nitrogen and oxygen atoms in total. The van der Waals surface area contributed by atoms with E-state index in [9.17, 15) is 9.59 Å². The Morgan fingerprint density at radius 1 is 1.10 bits per heavy atom. The molecule has 0 saturated carbocycles. The molecule has 1 heterocycles. The van der Waals surface area contributed by atoms with Crippen LogP contribution in [0.1, 0.15) is 22.7 Å². The van der Waals surface area contributed by atoms with Gasteiger partial charge in [0.15, 0.2) is 0 Å². The summed E-state index contributed by atoms with van der Waals surface area (Å²) in [7, 11) is 3.13. The molecule has 1 atom stereocenters. The Labute approximate surface area is 178 Å². The van der Waals surface area contributed by atoms with E-state index in [2.05, 4.69) is 0 Å². The van der Waals surface area contributed by atoms with Gasteiger partial charge in [0.05, 0.1) is 30.3 Å². The second-order valence-corrected chi connectivity index (χ2v) is 7.15. The number of fused-ring (bicyclic) bond motifs is 1. The number of carboxylic acids is 1. The van der Waals surface area contributed by atoms with E-state index in [1.807, 2.05) is 6.07 Å². The highest BCUT2D eigenvalue weighted by atomic mass is 35.5. The first-order chi connectivity index (χ1) is 13.9. The van der Waals surface area contributed by atoms with Crippen LogP contribution in [0.5, 0.6) is 11.5 Å². The lowest BCUT2D eigenvalue weighted by atomic mass is 9.86. The smallest absolute Gasteiger partial charge is 0.328 e. The van der Waals surface area contributed by atoms with Crippen LogP contribution in [0.25, 0.3) is 0 Å². The average Bonchev–Trinajstić information content (AvgIpc) is 2.72. The summed E-state index contributed by atoms with van der Waals surface area (Å²) in [6.07, 6.45) is 2.36. The van der Waals surface area contributed by atoms with Crippen LogP contribution < -0.4 is 9.47 Å². The van der Waals surface area contributed by atoms with Crippen LogP contribution >= 0.6 is 23.2 Å². The number of aliphatic carboxylic acids is 1. The van der Waals surface area contributed by atoms with E-state index in [4.69, 9.17) is 37.8 Å². The molecule has 1 aliphatic heterocycles. The summed E-state index contributed by atoms with van der Waals surface area (Å²) in [5.74, 6) is -0.407. The van der Waals surface area contributed by atoms with Gasteiger partial charge in [-0.3, -0.25) is 4.79 Å². The van der Waals surface area contributed by atoms with Crippen molar-refractivity contribution in [3.05, 3.63) is 69.2 Å². The number of hydrogen-bond acceptors (Lipinski definition) is 4. The number of amides is 1. The number of carboxylic acid groups (broad SMARTS) is 1. The Kier molecular flexibility index (Phi) is 6.35. The highest BCUT2D eigenvalue weighted by Gasteiger charge is 2.36. The zero-order valence-corrected chi connectivity index (χ0v) is 17.3. The predicted molar refractivity (Wildman–Crippen MR) is 110 cm³/mol. The van der Waals surface area contributed by atoms with Crippen LogP contribution in [0.15, 0.2) is 42.5 Å². The third kappa shape index (κ3) is 4.04. The first-order valence-electron chi connectivity index (χ1n) is 8.78. The van der Waals surface area contributed by atoms with Crippen LogP contribution in [0, 0.1) is 0 Å². The molecule has 2 aromatic rings. The molecule has 0 radical (unpaired) electrons. The maximum absolute atomic E-state index is 12.9. The summed E-state index contributed by atoms with van der Waals surface area (Å²) in [5.41, 5.74) is 2.25. The number of ether oxygens (including phenoxy) is 2. The van der Waals surface area contributed by atoms with E-state index < -0.39 is 17.9 Å². The van der Waals surface area contributed by atoms with Crippen LogP contribution in [-0.4, -0.2) is 42.6 Å². The Hall–Kier alpha value is -2.70. The molecule has 0 spiro atoms. The lowest BCUT2D eigenvalue weighted by molar-refractivity contribution is -0.132. The van der Waals surface area contributed by atoms with Gasteiger partial charge in [-0.05, 0) is 30.2 Å². The summed E-state index contributed by atoms with van der Waals surface area (Å²) in [6, 6.07) is 8.16. The third-order valence-electron chi connectivity index (χ3n) is 4.83. The topological polar surface area (TPSA) is 76.1 Å². The number of rotatable bonds is 5. The summed E-state index contributed by atoms with van der Waals surface area (Å²) in [6.45, 7) is 0.340. The van der Waals surface area contributed by atoms with Crippen molar-refractivity contribution < 1.29 is 24.2 Å². The molecule has 1 N–H and O–H groups in total. The van der Waals surface area contributed by atoms with Gasteiger partial charge in [-0.1, -0.05) is 35.3 Å². The number of methoxy groups -OCH3 is 2. The minimum atomic E-state index is -1.20. The number of benzene rings is 2. The molecule has 0 bridgehead atoms. The Balaban J connectivity index is 2.25. The largest absolute Gasteiger partial charge is 0.496 e. The van der Waals surface area contributed by atoms with Crippen molar-refractivity contribution in [3.8, 4) is 11.5 Å². The molecule has 152 valence electrons. The van der Waals surface area contributed by atoms with Gasteiger partial charge >= 0.3 is 5.97 Å². The quantitative estimate of drug-likeness (QED) is 0.714. The molecule has 29 heavy (non-hydrogen) atoms. The van der Waals surface area contributed by atoms with E-state index in [1.165, 1.54) is 0 Å². The van der Waals surface area contributed by atoms with Gasteiger partial charge in [-0.25, -0.2) is 4.79 Å². The van der Waals surface area contributed by atoms with Crippen molar-refractivity contribution >= 4 is 35.1 Å². The van der Waals surface area contributed by atoms with Crippen molar-refractivity contribution in [1.29, 1.82) is 0 Å². The summed E-state index contributed by atoms with van der Waals surface area (Å²) < 4.78 is 11.1. The van der Waals surface area contributed by atoms with Crippen LogP contribution in [0.4, 0.5) is 0 Å². The molecular formula is C21H19Cl2NO5. The van der Waals surface area contributed by atoms with Gasteiger partial charge in [0.25, 0.3) is 0 Å². The lowest BCUT2D eigenvalue weighted by Crippen LogP contribution is -2.40. The molecular weight excluding hydrogens is 417 g/mol. The first kappa shape index (κ1) is 21.0. The average molecular weight is 436 g/mol. The maximum atomic E-state index is 12.9. The predicted octanol–water partition coefficient (Wildman–Crippen LogP) is 4.13. The minimum absolute atomic E-state index is 0.317. The van der Waals surface area contributed by atoms with Crippen molar-refractivity contribution in [1.82, 2.24) is 4.90 Å². The van der Waals surface area contributed by atoms with Gasteiger partial charge in [0, 0.05) is 29.8 Å². The first-order valence-corrected chi connectivity index (χ1v) is 9.53. The SMILES string of the molecule is COc1ccc(OC)c2c1CCN(C(=O)/C=C\C(=O)O)C2c1cccc(Cl)c1Cl. The molecule has 3 rings (SSSR count). The summed E-state index contributed by atoms with van der Waals surface area (Å²) in [5, 5.41) is 9.57. The number of halogens is 2. The van der Waals surface area contributed by atoms with E-state index in [-0.39, 0.29) is 0 Å².